The SMILES string of the molecule is CCCc1ccc(S(=O)(=O)Nc2ccc3sc(NC(=O)c4ccccc4)nc3c2)cc1. The molecule has 0 atom stereocenters. The number of nitrogens with zero attached hydrogens (tertiary/aromatic N) is 1. The van der Waals surface area contributed by atoms with E-state index in [1.807, 2.05) is 18.2 Å². The minimum absolute atomic E-state index is 0.210. The van der Waals surface area contributed by atoms with E-state index in [4.69, 9.17) is 0 Å². The molecule has 8 heteroatoms. The van der Waals surface area contributed by atoms with Crippen LogP contribution < -0.4 is 10.0 Å². The van der Waals surface area contributed by atoms with E-state index < -0.39 is 10.0 Å². The van der Waals surface area contributed by atoms with Crippen molar-refractivity contribution in [3.05, 3.63) is 83.9 Å². The van der Waals surface area contributed by atoms with Crippen molar-refractivity contribution in [3.63, 3.8) is 0 Å². The number of hydrogen-bond donors (Lipinski definition) is 2. The first-order valence-corrected chi connectivity index (χ1v) is 12.1. The van der Waals surface area contributed by atoms with Crippen molar-refractivity contribution < 1.29 is 13.2 Å². The predicted molar refractivity (Wildman–Crippen MR) is 125 cm³/mol. The summed E-state index contributed by atoms with van der Waals surface area (Å²) in [6.45, 7) is 2.08. The summed E-state index contributed by atoms with van der Waals surface area (Å²) in [5.74, 6) is -0.243. The van der Waals surface area contributed by atoms with Crippen LogP contribution in [0.3, 0.4) is 0 Å². The van der Waals surface area contributed by atoms with Gasteiger partial charge >= 0.3 is 0 Å². The molecular weight excluding hydrogens is 430 g/mol. The molecule has 3 aromatic carbocycles. The molecule has 0 bridgehead atoms. The van der Waals surface area contributed by atoms with E-state index in [1.54, 1.807) is 54.6 Å². The van der Waals surface area contributed by atoms with Crippen molar-refractivity contribution in [3.8, 4) is 0 Å². The van der Waals surface area contributed by atoms with Crippen LogP contribution in [-0.2, 0) is 16.4 Å². The van der Waals surface area contributed by atoms with Gasteiger partial charge in [-0.05, 0) is 54.4 Å². The maximum Gasteiger partial charge on any atom is 0.261 e. The Kier molecular flexibility index (Phi) is 6.01. The fraction of sp³-hybridized carbons (Fsp3) is 0.130. The molecule has 2 N–H and O–H groups in total. The van der Waals surface area contributed by atoms with Gasteiger partial charge in [-0.25, -0.2) is 13.4 Å². The molecular formula is C23H21N3O3S2. The van der Waals surface area contributed by atoms with Crippen LogP contribution in [0.25, 0.3) is 10.2 Å². The lowest BCUT2D eigenvalue weighted by molar-refractivity contribution is 0.102. The van der Waals surface area contributed by atoms with Crippen molar-refractivity contribution in [2.45, 2.75) is 24.7 Å². The second-order valence-electron chi connectivity index (χ2n) is 7.02. The van der Waals surface area contributed by atoms with Crippen LogP contribution in [0.1, 0.15) is 29.3 Å². The average molecular weight is 452 g/mol. The monoisotopic (exact) mass is 451 g/mol. The Morgan fingerprint density at radius 1 is 1.00 bits per heavy atom. The molecule has 0 aliphatic carbocycles. The van der Waals surface area contributed by atoms with Crippen molar-refractivity contribution in [2.75, 3.05) is 10.0 Å². The Hall–Kier alpha value is -3.23. The van der Waals surface area contributed by atoms with Crippen molar-refractivity contribution in [1.82, 2.24) is 4.98 Å². The van der Waals surface area contributed by atoms with E-state index >= 15 is 0 Å². The predicted octanol–water partition coefficient (Wildman–Crippen LogP) is 5.30. The first kappa shape index (κ1) is 21.0. The number of thiazole rings is 1. The Morgan fingerprint density at radius 2 is 1.74 bits per heavy atom. The highest BCUT2D eigenvalue weighted by Crippen LogP contribution is 2.29. The third-order valence-corrected chi connectivity index (χ3v) is 7.02. The molecule has 1 heterocycles. The van der Waals surface area contributed by atoms with Gasteiger partial charge in [0.1, 0.15) is 0 Å². The van der Waals surface area contributed by atoms with Crippen LogP contribution >= 0.6 is 11.3 Å². The van der Waals surface area contributed by atoms with E-state index in [-0.39, 0.29) is 10.8 Å². The molecule has 0 fully saturated rings. The van der Waals surface area contributed by atoms with Gasteiger partial charge in [0.05, 0.1) is 20.8 Å². The van der Waals surface area contributed by atoms with Crippen molar-refractivity contribution >= 4 is 48.3 Å². The van der Waals surface area contributed by atoms with Crippen molar-refractivity contribution in [1.29, 1.82) is 0 Å². The number of sulfonamides is 1. The number of carbonyl (C=O) groups is 1. The number of aromatic nitrogens is 1. The Morgan fingerprint density at radius 3 is 2.45 bits per heavy atom. The summed E-state index contributed by atoms with van der Waals surface area (Å²) in [4.78, 5) is 17.0. The fourth-order valence-corrected chi connectivity index (χ4v) is 5.03. The van der Waals surface area contributed by atoms with E-state index in [9.17, 15) is 13.2 Å². The van der Waals surface area contributed by atoms with Crippen LogP contribution in [0.15, 0.2) is 77.7 Å². The maximum atomic E-state index is 12.7. The molecule has 158 valence electrons. The second-order valence-corrected chi connectivity index (χ2v) is 9.73. The zero-order chi connectivity index (χ0) is 21.8. The van der Waals surface area contributed by atoms with Gasteiger partial charge in [-0.1, -0.05) is 55.0 Å². The molecule has 0 saturated heterocycles. The topological polar surface area (TPSA) is 88.2 Å². The summed E-state index contributed by atoms with van der Waals surface area (Å²) in [5.41, 5.74) is 2.67. The summed E-state index contributed by atoms with van der Waals surface area (Å²) in [6, 6.07) is 20.9. The van der Waals surface area contributed by atoms with Crippen LogP contribution in [0.5, 0.6) is 0 Å². The molecule has 4 aromatic rings. The molecule has 6 nitrogen and oxygen atoms in total. The first-order chi connectivity index (χ1) is 14.9. The third kappa shape index (κ3) is 4.92. The summed E-state index contributed by atoms with van der Waals surface area (Å²) in [5, 5.41) is 3.24. The van der Waals surface area contributed by atoms with Gasteiger partial charge in [0, 0.05) is 5.56 Å². The number of carbonyl (C=O) groups excluding carboxylic acids is 1. The summed E-state index contributed by atoms with van der Waals surface area (Å²) >= 11 is 1.33. The Bertz CT molecular complexity index is 1320. The number of rotatable bonds is 7. The lowest BCUT2D eigenvalue weighted by Crippen LogP contribution is -2.12. The zero-order valence-corrected chi connectivity index (χ0v) is 18.5. The Balaban J connectivity index is 1.52. The number of fused-ring (bicyclic) bond motifs is 1. The molecule has 0 aliphatic rings. The number of amides is 1. The second kappa shape index (κ2) is 8.87. The normalized spacial score (nSPS) is 11.4. The minimum Gasteiger partial charge on any atom is -0.298 e. The van der Waals surface area contributed by atoms with Crippen molar-refractivity contribution in [2.24, 2.45) is 0 Å². The van der Waals surface area contributed by atoms with Crippen LogP contribution in [0, 0.1) is 0 Å². The van der Waals surface area contributed by atoms with E-state index in [0.29, 0.717) is 21.9 Å². The molecule has 1 aromatic heterocycles. The smallest absolute Gasteiger partial charge is 0.261 e. The number of anilines is 2. The van der Waals surface area contributed by atoms with Crippen LogP contribution in [-0.4, -0.2) is 19.3 Å². The molecule has 0 aliphatic heterocycles. The molecule has 1 amide bonds. The molecule has 0 radical (unpaired) electrons. The number of nitrogens with one attached hydrogen (secondary N) is 2. The largest absolute Gasteiger partial charge is 0.298 e. The van der Waals surface area contributed by atoms with E-state index in [1.165, 1.54) is 11.3 Å². The summed E-state index contributed by atoms with van der Waals surface area (Å²) in [6.07, 6.45) is 1.92. The standard InChI is InChI=1S/C23H21N3O3S2/c1-2-6-16-9-12-19(13-10-16)31(28,29)26-18-11-14-21-20(15-18)24-23(30-21)25-22(27)17-7-4-3-5-8-17/h3-5,7-15,26H,2,6H2,1H3,(H,24,25,27). The minimum atomic E-state index is -3.71. The lowest BCUT2D eigenvalue weighted by atomic mass is 10.1. The van der Waals surface area contributed by atoms with Gasteiger partial charge < -0.3 is 0 Å². The van der Waals surface area contributed by atoms with Crippen LogP contribution in [0.4, 0.5) is 10.8 Å². The highest BCUT2D eigenvalue weighted by atomic mass is 32.2. The van der Waals surface area contributed by atoms with Gasteiger partial charge in [-0.15, -0.1) is 0 Å². The highest BCUT2D eigenvalue weighted by molar-refractivity contribution is 7.92. The van der Waals surface area contributed by atoms with E-state index in [2.05, 4.69) is 21.9 Å². The average Bonchev–Trinajstić information content (AvgIpc) is 3.16. The zero-order valence-electron chi connectivity index (χ0n) is 16.8. The highest BCUT2D eigenvalue weighted by Gasteiger charge is 2.15. The van der Waals surface area contributed by atoms with Gasteiger partial charge in [0.2, 0.25) is 0 Å². The first-order valence-electron chi connectivity index (χ1n) is 9.83. The van der Waals surface area contributed by atoms with Crippen LogP contribution in [0.2, 0.25) is 0 Å². The van der Waals surface area contributed by atoms with Gasteiger partial charge in [-0.3, -0.25) is 14.8 Å². The molecule has 0 unspecified atom stereocenters. The summed E-state index contributed by atoms with van der Waals surface area (Å²) < 4.78 is 28.9. The Labute approximate surface area is 185 Å². The van der Waals surface area contributed by atoms with Gasteiger partial charge in [0.15, 0.2) is 5.13 Å². The number of aryl methyl sites for hydroxylation is 1. The number of benzene rings is 3. The van der Waals surface area contributed by atoms with E-state index in [0.717, 1.165) is 23.1 Å². The number of hydrogen-bond acceptors (Lipinski definition) is 5. The third-order valence-electron chi connectivity index (χ3n) is 4.67. The fourth-order valence-electron chi connectivity index (χ4n) is 3.14. The summed E-state index contributed by atoms with van der Waals surface area (Å²) in [7, 11) is -3.71. The quantitative estimate of drug-likeness (QED) is 0.399. The molecule has 0 saturated carbocycles. The molecule has 0 spiro atoms. The molecule has 4 rings (SSSR count). The van der Waals surface area contributed by atoms with Gasteiger partial charge in [0.25, 0.3) is 15.9 Å². The van der Waals surface area contributed by atoms with Gasteiger partial charge in [-0.2, -0.15) is 0 Å². The maximum absolute atomic E-state index is 12.7. The lowest BCUT2D eigenvalue weighted by Gasteiger charge is -2.08. The molecule has 31 heavy (non-hydrogen) atoms.